The number of nitrogens with zero attached hydrogens (tertiary/aromatic N) is 1. The summed E-state index contributed by atoms with van der Waals surface area (Å²) in [6.07, 6.45) is 2.61. The normalized spacial score (nSPS) is 12.5. The summed E-state index contributed by atoms with van der Waals surface area (Å²) in [6.45, 7) is 5.60. The molecule has 0 saturated heterocycles. The molecule has 0 saturated carbocycles. The molecule has 0 fully saturated rings. The van der Waals surface area contributed by atoms with Crippen LogP contribution in [-0.4, -0.2) is 26.6 Å². The Morgan fingerprint density at radius 2 is 1.67 bits per heavy atom. The molecule has 0 aliphatic rings. The van der Waals surface area contributed by atoms with E-state index in [0.29, 0.717) is 10.7 Å². The Bertz CT molecular complexity index is 906. The third kappa shape index (κ3) is 5.02. The van der Waals surface area contributed by atoms with E-state index >= 15 is 0 Å². The summed E-state index contributed by atoms with van der Waals surface area (Å²) in [4.78, 5) is 12.9. The largest absolute Gasteiger partial charge is 0.324 e. The number of benzene rings is 2. The SMILES string of the molecule is CCc1cccc(CC)c1NC(=O)[C@H](C)N(c1cccc(Cl)c1)S(C)(=O)=O. The second kappa shape index (κ2) is 8.76. The van der Waals surface area contributed by atoms with Gasteiger partial charge in [-0.15, -0.1) is 0 Å². The van der Waals surface area contributed by atoms with Crippen LogP contribution in [0.4, 0.5) is 11.4 Å². The van der Waals surface area contributed by atoms with E-state index in [4.69, 9.17) is 11.6 Å². The molecule has 0 aromatic heterocycles. The number of para-hydroxylation sites is 1. The summed E-state index contributed by atoms with van der Waals surface area (Å²) < 4.78 is 25.9. The van der Waals surface area contributed by atoms with Crippen LogP contribution in [-0.2, 0) is 27.7 Å². The number of nitrogens with one attached hydrogen (secondary N) is 1. The van der Waals surface area contributed by atoms with E-state index in [-0.39, 0.29) is 0 Å². The standard InChI is InChI=1S/C20H25ClN2O3S/c1-5-15-9-7-10-16(6-2)19(15)22-20(24)14(3)23(27(4,25)26)18-12-8-11-17(21)13-18/h7-14H,5-6H2,1-4H3,(H,22,24)/t14-/m0/s1. The van der Waals surface area contributed by atoms with E-state index in [1.807, 2.05) is 32.0 Å². The van der Waals surface area contributed by atoms with E-state index in [1.165, 1.54) is 6.07 Å². The Morgan fingerprint density at radius 1 is 1.11 bits per heavy atom. The number of anilines is 2. The Labute approximate surface area is 166 Å². The molecule has 27 heavy (non-hydrogen) atoms. The molecule has 146 valence electrons. The van der Waals surface area contributed by atoms with Crippen molar-refractivity contribution in [2.45, 2.75) is 39.7 Å². The molecule has 0 unspecified atom stereocenters. The molecule has 1 amide bonds. The molecule has 5 nitrogen and oxygen atoms in total. The molecular weight excluding hydrogens is 384 g/mol. The number of carbonyl (C=O) groups excluding carboxylic acids is 1. The second-order valence-corrected chi connectivity index (χ2v) is 8.66. The summed E-state index contributed by atoms with van der Waals surface area (Å²) in [7, 11) is -3.69. The van der Waals surface area contributed by atoms with Gasteiger partial charge in [0.05, 0.1) is 11.9 Å². The van der Waals surface area contributed by atoms with Crippen LogP contribution in [0.15, 0.2) is 42.5 Å². The van der Waals surface area contributed by atoms with Crippen LogP contribution in [0.25, 0.3) is 0 Å². The molecule has 0 spiro atoms. The van der Waals surface area contributed by atoms with E-state index in [0.717, 1.165) is 40.2 Å². The van der Waals surface area contributed by atoms with E-state index in [9.17, 15) is 13.2 Å². The Morgan fingerprint density at radius 3 is 2.15 bits per heavy atom. The zero-order chi connectivity index (χ0) is 20.2. The molecule has 2 aromatic rings. The smallest absolute Gasteiger partial charge is 0.248 e. The molecule has 0 heterocycles. The summed E-state index contributed by atoms with van der Waals surface area (Å²) >= 11 is 6.01. The highest BCUT2D eigenvalue weighted by molar-refractivity contribution is 7.92. The van der Waals surface area contributed by atoms with Crippen molar-refractivity contribution in [3.05, 3.63) is 58.6 Å². The predicted octanol–water partition coefficient (Wildman–Crippen LogP) is 4.26. The lowest BCUT2D eigenvalue weighted by Crippen LogP contribution is -2.45. The van der Waals surface area contributed by atoms with Gasteiger partial charge < -0.3 is 5.32 Å². The van der Waals surface area contributed by atoms with Gasteiger partial charge in [0.1, 0.15) is 6.04 Å². The van der Waals surface area contributed by atoms with Crippen LogP contribution in [0.5, 0.6) is 0 Å². The maximum Gasteiger partial charge on any atom is 0.248 e. The van der Waals surface area contributed by atoms with Gasteiger partial charge in [0.2, 0.25) is 15.9 Å². The minimum absolute atomic E-state index is 0.354. The van der Waals surface area contributed by atoms with Gasteiger partial charge in [0.25, 0.3) is 0 Å². The highest BCUT2D eigenvalue weighted by Crippen LogP contribution is 2.26. The third-order valence-electron chi connectivity index (χ3n) is 4.40. The topological polar surface area (TPSA) is 66.5 Å². The van der Waals surface area contributed by atoms with Gasteiger partial charge in [-0.2, -0.15) is 0 Å². The number of sulfonamides is 1. The highest BCUT2D eigenvalue weighted by Gasteiger charge is 2.29. The number of aryl methyl sites for hydroxylation is 2. The molecular formula is C20H25ClN2O3S. The molecule has 7 heteroatoms. The molecule has 0 radical (unpaired) electrons. The number of amides is 1. The van der Waals surface area contributed by atoms with E-state index in [2.05, 4.69) is 5.32 Å². The highest BCUT2D eigenvalue weighted by atomic mass is 35.5. The van der Waals surface area contributed by atoms with Crippen molar-refractivity contribution in [1.29, 1.82) is 0 Å². The number of rotatable bonds is 7. The Balaban J connectivity index is 2.40. The minimum atomic E-state index is -3.69. The van der Waals surface area contributed by atoms with Gasteiger partial charge in [-0.05, 0) is 49.1 Å². The third-order valence-corrected chi connectivity index (χ3v) is 5.87. The monoisotopic (exact) mass is 408 g/mol. The van der Waals surface area contributed by atoms with Crippen LogP contribution in [0.1, 0.15) is 31.9 Å². The lowest BCUT2D eigenvalue weighted by Gasteiger charge is -2.29. The molecule has 0 aliphatic heterocycles. The zero-order valence-electron chi connectivity index (χ0n) is 16.0. The molecule has 2 aromatic carbocycles. The summed E-state index contributed by atoms with van der Waals surface area (Å²) in [5, 5.41) is 3.34. The lowest BCUT2D eigenvalue weighted by molar-refractivity contribution is -0.116. The van der Waals surface area contributed by atoms with Crippen molar-refractivity contribution >= 4 is 38.9 Å². The van der Waals surface area contributed by atoms with Crippen LogP contribution >= 0.6 is 11.6 Å². The summed E-state index contributed by atoms with van der Waals surface area (Å²) in [6, 6.07) is 11.4. The number of hydrogen-bond acceptors (Lipinski definition) is 3. The summed E-state index contributed by atoms with van der Waals surface area (Å²) in [5.41, 5.74) is 3.15. The quantitative estimate of drug-likeness (QED) is 0.744. The van der Waals surface area contributed by atoms with Crippen LogP contribution in [0.2, 0.25) is 5.02 Å². The maximum atomic E-state index is 12.9. The number of carbonyl (C=O) groups is 1. The van der Waals surface area contributed by atoms with Gasteiger partial charge in [-0.3, -0.25) is 9.10 Å². The molecule has 0 aliphatic carbocycles. The lowest BCUT2D eigenvalue weighted by atomic mass is 10.0. The number of halogens is 1. The average molecular weight is 409 g/mol. The van der Waals surface area contributed by atoms with Crippen molar-refractivity contribution < 1.29 is 13.2 Å². The molecule has 1 atom stereocenters. The first-order chi connectivity index (χ1) is 12.7. The fourth-order valence-corrected chi connectivity index (χ4v) is 4.40. The van der Waals surface area contributed by atoms with Crippen LogP contribution in [0.3, 0.4) is 0 Å². The maximum absolute atomic E-state index is 12.9. The van der Waals surface area contributed by atoms with Crippen LogP contribution < -0.4 is 9.62 Å². The van der Waals surface area contributed by atoms with Crippen molar-refractivity contribution in [1.82, 2.24) is 0 Å². The van der Waals surface area contributed by atoms with E-state index < -0.39 is 22.0 Å². The van der Waals surface area contributed by atoms with Crippen LogP contribution in [0, 0.1) is 0 Å². The minimum Gasteiger partial charge on any atom is -0.324 e. The van der Waals surface area contributed by atoms with Gasteiger partial charge in [-0.1, -0.05) is 49.7 Å². The predicted molar refractivity (Wildman–Crippen MR) is 112 cm³/mol. The fourth-order valence-electron chi connectivity index (χ4n) is 3.05. The second-order valence-electron chi connectivity index (χ2n) is 6.36. The Kier molecular flexibility index (Phi) is 6.89. The van der Waals surface area contributed by atoms with Crippen molar-refractivity contribution in [2.24, 2.45) is 0 Å². The molecule has 1 N–H and O–H groups in total. The summed E-state index contributed by atoms with van der Waals surface area (Å²) in [5.74, 6) is -0.393. The molecule has 2 rings (SSSR count). The van der Waals surface area contributed by atoms with Crippen molar-refractivity contribution in [3.8, 4) is 0 Å². The molecule has 0 bridgehead atoms. The van der Waals surface area contributed by atoms with Gasteiger partial charge in [0, 0.05) is 10.7 Å². The first-order valence-corrected chi connectivity index (χ1v) is 11.1. The first-order valence-electron chi connectivity index (χ1n) is 8.85. The van der Waals surface area contributed by atoms with Crippen molar-refractivity contribution in [3.63, 3.8) is 0 Å². The fraction of sp³-hybridized carbons (Fsp3) is 0.350. The number of hydrogen-bond donors (Lipinski definition) is 1. The van der Waals surface area contributed by atoms with Gasteiger partial charge in [0.15, 0.2) is 0 Å². The Hall–Kier alpha value is -2.05. The first kappa shape index (κ1) is 21.3. The van der Waals surface area contributed by atoms with Crippen molar-refractivity contribution in [2.75, 3.05) is 15.9 Å². The van der Waals surface area contributed by atoms with Gasteiger partial charge in [-0.25, -0.2) is 8.42 Å². The average Bonchev–Trinajstić information content (AvgIpc) is 2.60. The zero-order valence-corrected chi connectivity index (χ0v) is 17.6. The van der Waals surface area contributed by atoms with E-state index in [1.54, 1.807) is 25.1 Å². The van der Waals surface area contributed by atoms with Gasteiger partial charge >= 0.3 is 0 Å².